The van der Waals surface area contributed by atoms with E-state index in [1.807, 2.05) is 24.3 Å². The molecule has 0 aliphatic heterocycles. The van der Waals surface area contributed by atoms with Gasteiger partial charge < -0.3 is 10.6 Å². The van der Waals surface area contributed by atoms with E-state index in [0.717, 1.165) is 0 Å². The van der Waals surface area contributed by atoms with Gasteiger partial charge in [0.1, 0.15) is 0 Å². The molecule has 0 bridgehead atoms. The summed E-state index contributed by atoms with van der Waals surface area (Å²) < 4.78 is 0. The number of amides is 2. The van der Waals surface area contributed by atoms with Crippen LogP contribution in [-0.2, 0) is 0 Å². The first-order valence-electron chi connectivity index (χ1n) is 7.66. The molecule has 0 fully saturated rings. The molecule has 0 heterocycles. The first-order chi connectivity index (χ1) is 12.1. The summed E-state index contributed by atoms with van der Waals surface area (Å²) in [5, 5.41) is 5.98. The maximum atomic E-state index is 12.6. The van der Waals surface area contributed by atoms with Gasteiger partial charge in [0.05, 0.1) is 11.3 Å². The standard InChI is InChI=1S/C20H15ClN2O2/c21-15-11-12-17(20(25)22-16-9-5-2-6-10-16)18(13-15)23-19(24)14-7-3-1-4-8-14/h1-13H,(H,22,25)(H,23,24). The van der Waals surface area contributed by atoms with E-state index < -0.39 is 0 Å². The van der Waals surface area contributed by atoms with Gasteiger partial charge in [-0.15, -0.1) is 0 Å². The zero-order valence-corrected chi connectivity index (χ0v) is 14.0. The maximum Gasteiger partial charge on any atom is 0.257 e. The molecule has 0 atom stereocenters. The molecule has 0 saturated heterocycles. The molecule has 0 spiro atoms. The average molecular weight is 351 g/mol. The molecule has 0 radical (unpaired) electrons. The molecule has 0 unspecified atom stereocenters. The first kappa shape index (κ1) is 16.7. The van der Waals surface area contributed by atoms with E-state index in [1.165, 1.54) is 0 Å². The minimum atomic E-state index is -0.328. The summed E-state index contributed by atoms with van der Waals surface area (Å²) in [5.41, 5.74) is 1.85. The van der Waals surface area contributed by atoms with Crippen molar-refractivity contribution in [1.29, 1.82) is 0 Å². The fourth-order valence-electron chi connectivity index (χ4n) is 2.32. The Morgan fingerprint density at radius 3 is 2.04 bits per heavy atom. The summed E-state index contributed by atoms with van der Waals surface area (Å²) in [5.74, 6) is -0.636. The summed E-state index contributed by atoms with van der Waals surface area (Å²) in [6.45, 7) is 0. The third kappa shape index (κ3) is 4.25. The molecule has 0 saturated carbocycles. The van der Waals surface area contributed by atoms with Crippen molar-refractivity contribution < 1.29 is 9.59 Å². The zero-order valence-electron chi connectivity index (χ0n) is 13.2. The lowest BCUT2D eigenvalue weighted by Crippen LogP contribution is -2.18. The van der Waals surface area contributed by atoms with E-state index in [0.29, 0.717) is 27.5 Å². The van der Waals surface area contributed by atoms with E-state index in [9.17, 15) is 9.59 Å². The Morgan fingerprint density at radius 2 is 1.36 bits per heavy atom. The Hall–Kier alpha value is -3.11. The van der Waals surface area contributed by atoms with Crippen LogP contribution in [0.25, 0.3) is 0 Å². The number of hydrogen-bond acceptors (Lipinski definition) is 2. The van der Waals surface area contributed by atoms with Crippen molar-refractivity contribution in [2.45, 2.75) is 0 Å². The van der Waals surface area contributed by atoms with Crippen LogP contribution in [0.4, 0.5) is 11.4 Å². The van der Waals surface area contributed by atoms with Gasteiger partial charge in [0, 0.05) is 16.3 Å². The number of anilines is 2. The Labute approximate surface area is 150 Å². The number of benzene rings is 3. The van der Waals surface area contributed by atoms with Crippen LogP contribution in [0.5, 0.6) is 0 Å². The second-order valence-corrected chi connectivity index (χ2v) is 5.77. The first-order valence-corrected chi connectivity index (χ1v) is 8.03. The minimum absolute atomic E-state index is 0.309. The topological polar surface area (TPSA) is 58.2 Å². The molecular formula is C20H15ClN2O2. The lowest BCUT2D eigenvalue weighted by molar-refractivity contribution is 0.102. The third-order valence-electron chi connectivity index (χ3n) is 3.54. The molecule has 25 heavy (non-hydrogen) atoms. The van der Waals surface area contributed by atoms with Crippen molar-refractivity contribution in [3.63, 3.8) is 0 Å². The van der Waals surface area contributed by atoms with E-state index in [2.05, 4.69) is 10.6 Å². The maximum absolute atomic E-state index is 12.6. The number of carbonyl (C=O) groups is 2. The van der Waals surface area contributed by atoms with Crippen molar-refractivity contribution in [3.8, 4) is 0 Å². The molecule has 2 amide bonds. The zero-order chi connectivity index (χ0) is 17.6. The number of nitrogens with one attached hydrogen (secondary N) is 2. The molecule has 124 valence electrons. The van der Waals surface area contributed by atoms with Crippen molar-refractivity contribution >= 4 is 34.8 Å². The molecule has 4 nitrogen and oxygen atoms in total. The molecule has 3 aromatic carbocycles. The molecule has 0 aliphatic rings. The number of halogens is 1. The van der Waals surface area contributed by atoms with Gasteiger partial charge in [-0.1, -0.05) is 48.0 Å². The van der Waals surface area contributed by atoms with Gasteiger partial charge >= 0.3 is 0 Å². The van der Waals surface area contributed by atoms with Crippen molar-refractivity contribution in [1.82, 2.24) is 0 Å². The van der Waals surface area contributed by atoms with Crippen LogP contribution in [0.2, 0.25) is 5.02 Å². The highest BCUT2D eigenvalue weighted by Gasteiger charge is 2.15. The largest absolute Gasteiger partial charge is 0.322 e. The Balaban J connectivity index is 1.85. The molecule has 5 heteroatoms. The summed E-state index contributed by atoms with van der Waals surface area (Å²) in [6, 6.07) is 22.6. The summed E-state index contributed by atoms with van der Waals surface area (Å²) >= 11 is 6.03. The van der Waals surface area contributed by atoms with E-state index in [-0.39, 0.29) is 11.8 Å². The van der Waals surface area contributed by atoms with Crippen molar-refractivity contribution in [2.75, 3.05) is 10.6 Å². The summed E-state index contributed by atoms with van der Waals surface area (Å²) in [7, 11) is 0. The van der Waals surface area contributed by atoms with Gasteiger partial charge in [-0.25, -0.2) is 0 Å². The number of rotatable bonds is 4. The third-order valence-corrected chi connectivity index (χ3v) is 3.78. The van der Waals surface area contributed by atoms with Gasteiger partial charge in [-0.2, -0.15) is 0 Å². The molecular weight excluding hydrogens is 336 g/mol. The summed E-state index contributed by atoms with van der Waals surface area (Å²) in [4.78, 5) is 24.9. The van der Waals surface area contributed by atoms with E-state index >= 15 is 0 Å². The Bertz CT molecular complexity index is 896. The van der Waals surface area contributed by atoms with Gasteiger partial charge in [0.2, 0.25) is 0 Å². The summed E-state index contributed by atoms with van der Waals surface area (Å²) in [6.07, 6.45) is 0. The highest BCUT2D eigenvalue weighted by molar-refractivity contribution is 6.31. The van der Waals surface area contributed by atoms with E-state index in [4.69, 9.17) is 11.6 Å². The van der Waals surface area contributed by atoms with Gasteiger partial charge in [-0.3, -0.25) is 9.59 Å². The fraction of sp³-hybridized carbons (Fsp3) is 0. The lowest BCUT2D eigenvalue weighted by atomic mass is 10.1. The Kier molecular flexibility index (Phi) is 5.11. The monoisotopic (exact) mass is 350 g/mol. The lowest BCUT2D eigenvalue weighted by Gasteiger charge is -2.12. The quantitative estimate of drug-likeness (QED) is 0.707. The highest BCUT2D eigenvalue weighted by Crippen LogP contribution is 2.23. The normalized spacial score (nSPS) is 10.1. The molecule has 0 aliphatic carbocycles. The van der Waals surface area contributed by atoms with E-state index in [1.54, 1.807) is 54.6 Å². The number of hydrogen-bond donors (Lipinski definition) is 2. The predicted octanol–water partition coefficient (Wildman–Crippen LogP) is 4.84. The minimum Gasteiger partial charge on any atom is -0.322 e. The number of para-hydroxylation sites is 1. The van der Waals surface area contributed by atoms with Crippen LogP contribution >= 0.6 is 11.6 Å². The van der Waals surface area contributed by atoms with Gasteiger partial charge in [0.25, 0.3) is 11.8 Å². The van der Waals surface area contributed by atoms with Crippen molar-refractivity contribution in [2.24, 2.45) is 0 Å². The van der Waals surface area contributed by atoms with Crippen LogP contribution in [0, 0.1) is 0 Å². The predicted molar refractivity (Wildman–Crippen MR) is 100 cm³/mol. The van der Waals surface area contributed by atoms with Crippen molar-refractivity contribution in [3.05, 3.63) is 95.0 Å². The molecule has 2 N–H and O–H groups in total. The van der Waals surface area contributed by atoms with Gasteiger partial charge in [0.15, 0.2) is 0 Å². The molecule has 0 aromatic heterocycles. The van der Waals surface area contributed by atoms with Crippen LogP contribution in [0.1, 0.15) is 20.7 Å². The van der Waals surface area contributed by atoms with Gasteiger partial charge in [-0.05, 0) is 42.5 Å². The van der Waals surface area contributed by atoms with Crippen LogP contribution < -0.4 is 10.6 Å². The fourth-order valence-corrected chi connectivity index (χ4v) is 2.49. The smallest absolute Gasteiger partial charge is 0.257 e. The van der Waals surface area contributed by atoms with Crippen LogP contribution in [0.3, 0.4) is 0 Å². The number of carbonyl (C=O) groups excluding carboxylic acids is 2. The second-order valence-electron chi connectivity index (χ2n) is 5.33. The van der Waals surface area contributed by atoms with Crippen LogP contribution in [0.15, 0.2) is 78.9 Å². The molecule has 3 aromatic rings. The SMILES string of the molecule is O=C(Nc1cc(Cl)ccc1C(=O)Nc1ccccc1)c1ccccc1. The van der Waals surface area contributed by atoms with Crippen LogP contribution in [-0.4, -0.2) is 11.8 Å². The Morgan fingerprint density at radius 1 is 0.720 bits per heavy atom. The average Bonchev–Trinajstić information content (AvgIpc) is 2.63. The molecule has 3 rings (SSSR count). The highest BCUT2D eigenvalue weighted by atomic mass is 35.5. The second kappa shape index (κ2) is 7.64.